The fourth-order valence-corrected chi connectivity index (χ4v) is 1.77. The maximum absolute atomic E-state index is 5.04. The Morgan fingerprint density at radius 3 is 2.72 bits per heavy atom. The minimum absolute atomic E-state index is 0.231. The number of likely N-dealkylation sites (N-methyl/N-ethyl adjacent to an activating group) is 1. The van der Waals surface area contributed by atoms with Gasteiger partial charge in [0.05, 0.1) is 18.0 Å². The van der Waals surface area contributed by atoms with Gasteiger partial charge in [-0.1, -0.05) is 0 Å². The van der Waals surface area contributed by atoms with Crippen LogP contribution in [0.4, 0.5) is 0 Å². The summed E-state index contributed by atoms with van der Waals surface area (Å²) in [6, 6.07) is 0.231. The summed E-state index contributed by atoms with van der Waals surface area (Å²) in [7, 11) is 3.82. The monoisotopic (exact) mass is 252 g/mol. The zero-order valence-corrected chi connectivity index (χ0v) is 11.8. The molecule has 0 aliphatic heterocycles. The highest BCUT2D eigenvalue weighted by molar-refractivity contribution is 5.12. The predicted octanol–water partition coefficient (Wildman–Crippen LogP) is 1.01. The van der Waals surface area contributed by atoms with Crippen LogP contribution in [0.15, 0.2) is 12.4 Å². The van der Waals surface area contributed by atoms with Gasteiger partial charge >= 0.3 is 0 Å². The van der Waals surface area contributed by atoms with Crippen LogP contribution in [0.2, 0.25) is 0 Å². The molecule has 0 aliphatic carbocycles. The van der Waals surface area contributed by atoms with Crippen molar-refractivity contribution in [1.29, 1.82) is 0 Å². The smallest absolute Gasteiger partial charge is 0.0782 e. The van der Waals surface area contributed by atoms with Gasteiger partial charge in [0.25, 0.3) is 0 Å². The average molecular weight is 252 g/mol. The fourth-order valence-electron chi connectivity index (χ4n) is 1.77. The molecule has 1 atom stereocenters. The highest BCUT2D eigenvalue weighted by Crippen LogP contribution is 2.10. The highest BCUT2D eigenvalue weighted by atomic mass is 16.5. The maximum Gasteiger partial charge on any atom is 0.0782 e. The minimum atomic E-state index is 0.231. The quantitative estimate of drug-likeness (QED) is 0.748. The Labute approximate surface area is 110 Å². The van der Waals surface area contributed by atoms with E-state index in [4.69, 9.17) is 4.74 Å². The number of ether oxygens (including phenoxy) is 1. The van der Waals surface area contributed by atoms with Crippen LogP contribution in [-0.4, -0.2) is 55.3 Å². The second-order valence-corrected chi connectivity index (χ2v) is 4.50. The molecule has 0 saturated carbocycles. The molecule has 1 rings (SSSR count). The van der Waals surface area contributed by atoms with Crippen LogP contribution in [-0.2, 0) is 4.74 Å². The topological polar surface area (TPSA) is 50.3 Å². The molecule has 1 N–H and O–H groups in total. The molecule has 0 aliphatic rings. The van der Waals surface area contributed by atoms with E-state index < -0.39 is 0 Å². The SMILES string of the molecule is COCCN(C)CCNC(C)c1nccnc1C. The molecule has 1 unspecified atom stereocenters. The number of nitrogens with zero attached hydrogens (tertiary/aromatic N) is 3. The molecule has 5 nitrogen and oxygen atoms in total. The number of nitrogens with one attached hydrogen (secondary N) is 1. The number of hydrogen-bond donors (Lipinski definition) is 1. The van der Waals surface area contributed by atoms with E-state index in [0.29, 0.717) is 0 Å². The van der Waals surface area contributed by atoms with Gasteiger partial charge in [-0.25, -0.2) is 0 Å². The van der Waals surface area contributed by atoms with Crippen molar-refractivity contribution >= 4 is 0 Å². The minimum Gasteiger partial charge on any atom is -0.383 e. The molecule has 1 aromatic rings. The van der Waals surface area contributed by atoms with Crippen LogP contribution in [0, 0.1) is 6.92 Å². The van der Waals surface area contributed by atoms with E-state index in [2.05, 4.69) is 34.2 Å². The zero-order valence-electron chi connectivity index (χ0n) is 11.8. The van der Waals surface area contributed by atoms with E-state index in [9.17, 15) is 0 Å². The lowest BCUT2D eigenvalue weighted by Gasteiger charge is -2.19. The summed E-state index contributed by atoms with van der Waals surface area (Å²) in [5.74, 6) is 0. The standard InChI is InChI=1S/C13H24N4O/c1-11-13(16-6-5-14-11)12(2)15-7-8-17(3)9-10-18-4/h5-6,12,15H,7-10H2,1-4H3. The molecule has 0 bridgehead atoms. The molecule has 0 aromatic carbocycles. The second-order valence-electron chi connectivity index (χ2n) is 4.50. The molecule has 1 aromatic heterocycles. The van der Waals surface area contributed by atoms with Crippen molar-refractivity contribution in [3.8, 4) is 0 Å². The van der Waals surface area contributed by atoms with Gasteiger partial charge in [0.15, 0.2) is 0 Å². The second kappa shape index (κ2) is 8.13. The van der Waals surface area contributed by atoms with Gasteiger partial charge < -0.3 is 15.0 Å². The summed E-state index contributed by atoms with van der Waals surface area (Å²) in [6.07, 6.45) is 3.47. The van der Waals surface area contributed by atoms with Gasteiger partial charge in [-0.2, -0.15) is 0 Å². The van der Waals surface area contributed by atoms with Crippen LogP contribution in [0.1, 0.15) is 24.4 Å². The van der Waals surface area contributed by atoms with E-state index in [1.165, 1.54) is 0 Å². The molecule has 0 spiro atoms. The molecule has 0 amide bonds. The summed E-state index contributed by atoms with van der Waals surface area (Å²) in [5, 5.41) is 3.46. The number of aryl methyl sites for hydroxylation is 1. The zero-order chi connectivity index (χ0) is 13.4. The van der Waals surface area contributed by atoms with Gasteiger partial charge in [0, 0.05) is 45.2 Å². The Hall–Kier alpha value is -1.04. The molecule has 18 heavy (non-hydrogen) atoms. The summed E-state index contributed by atoms with van der Waals surface area (Å²) in [5.41, 5.74) is 2.02. The molecular formula is C13H24N4O. The first-order chi connectivity index (χ1) is 8.65. The normalized spacial score (nSPS) is 12.9. The van der Waals surface area contributed by atoms with E-state index >= 15 is 0 Å². The molecule has 0 fully saturated rings. The third-order valence-electron chi connectivity index (χ3n) is 2.95. The first kappa shape index (κ1) is 15.0. The van der Waals surface area contributed by atoms with E-state index in [-0.39, 0.29) is 6.04 Å². The fraction of sp³-hybridized carbons (Fsp3) is 0.692. The third kappa shape index (κ3) is 5.08. The van der Waals surface area contributed by atoms with E-state index in [1.807, 2.05) is 6.92 Å². The van der Waals surface area contributed by atoms with Gasteiger partial charge in [0.2, 0.25) is 0 Å². The van der Waals surface area contributed by atoms with E-state index in [0.717, 1.165) is 37.6 Å². The predicted molar refractivity (Wildman–Crippen MR) is 72.6 cm³/mol. The molecule has 0 saturated heterocycles. The highest BCUT2D eigenvalue weighted by Gasteiger charge is 2.09. The Morgan fingerprint density at radius 2 is 2.06 bits per heavy atom. The van der Waals surface area contributed by atoms with Crippen molar-refractivity contribution in [2.45, 2.75) is 19.9 Å². The third-order valence-corrected chi connectivity index (χ3v) is 2.95. The van der Waals surface area contributed by atoms with E-state index in [1.54, 1.807) is 19.5 Å². The molecule has 5 heteroatoms. The number of aromatic nitrogens is 2. The largest absolute Gasteiger partial charge is 0.383 e. The number of rotatable bonds is 8. The van der Waals surface area contributed by atoms with Crippen molar-refractivity contribution in [1.82, 2.24) is 20.2 Å². The Kier molecular flexibility index (Phi) is 6.78. The summed E-state index contributed by atoms with van der Waals surface area (Å²) in [4.78, 5) is 10.9. The lowest BCUT2D eigenvalue weighted by molar-refractivity contribution is 0.161. The van der Waals surface area contributed by atoms with Crippen molar-refractivity contribution in [2.75, 3.05) is 40.4 Å². The first-order valence-corrected chi connectivity index (χ1v) is 6.33. The first-order valence-electron chi connectivity index (χ1n) is 6.33. The van der Waals surface area contributed by atoms with Gasteiger partial charge in [-0.3, -0.25) is 9.97 Å². The Bertz CT molecular complexity index is 346. The average Bonchev–Trinajstić information content (AvgIpc) is 2.36. The van der Waals surface area contributed by atoms with Crippen molar-refractivity contribution in [2.24, 2.45) is 0 Å². The lowest BCUT2D eigenvalue weighted by atomic mass is 10.2. The van der Waals surface area contributed by atoms with Crippen LogP contribution >= 0.6 is 0 Å². The summed E-state index contributed by atoms with van der Waals surface area (Å²) in [6.45, 7) is 7.76. The van der Waals surface area contributed by atoms with Crippen LogP contribution < -0.4 is 5.32 Å². The van der Waals surface area contributed by atoms with Gasteiger partial charge in [-0.05, 0) is 20.9 Å². The maximum atomic E-state index is 5.04. The lowest BCUT2D eigenvalue weighted by Crippen LogP contribution is -2.33. The van der Waals surface area contributed by atoms with Gasteiger partial charge in [-0.15, -0.1) is 0 Å². The van der Waals surface area contributed by atoms with Crippen molar-refractivity contribution in [3.05, 3.63) is 23.8 Å². The van der Waals surface area contributed by atoms with Crippen molar-refractivity contribution < 1.29 is 4.74 Å². The molecule has 0 radical (unpaired) electrons. The van der Waals surface area contributed by atoms with Gasteiger partial charge in [0.1, 0.15) is 0 Å². The molecular weight excluding hydrogens is 228 g/mol. The Balaban J connectivity index is 2.29. The summed E-state index contributed by atoms with van der Waals surface area (Å²) >= 11 is 0. The molecule has 1 heterocycles. The summed E-state index contributed by atoms with van der Waals surface area (Å²) < 4.78 is 5.04. The van der Waals surface area contributed by atoms with Crippen LogP contribution in [0.5, 0.6) is 0 Å². The number of hydrogen-bond acceptors (Lipinski definition) is 5. The van der Waals surface area contributed by atoms with Crippen LogP contribution in [0.3, 0.4) is 0 Å². The van der Waals surface area contributed by atoms with Crippen molar-refractivity contribution in [3.63, 3.8) is 0 Å². The number of methoxy groups -OCH3 is 1. The van der Waals surface area contributed by atoms with Crippen LogP contribution in [0.25, 0.3) is 0 Å². The Morgan fingerprint density at radius 1 is 1.33 bits per heavy atom. The molecule has 102 valence electrons.